The van der Waals surface area contributed by atoms with Gasteiger partial charge in [0.2, 0.25) is 5.91 Å². The Morgan fingerprint density at radius 1 is 1.25 bits per heavy atom. The molecule has 2 aliphatic rings. The largest absolute Gasteiger partial charge is 0.492 e. The fourth-order valence-corrected chi connectivity index (χ4v) is 3.30. The van der Waals surface area contributed by atoms with Gasteiger partial charge in [-0.2, -0.15) is 0 Å². The van der Waals surface area contributed by atoms with E-state index in [4.69, 9.17) is 21.1 Å². The molecule has 0 bridgehead atoms. The summed E-state index contributed by atoms with van der Waals surface area (Å²) in [6.45, 7) is 4.57. The lowest BCUT2D eigenvalue weighted by atomic mass is 9.95. The number of carbonyl (C=O) groups is 2. The first-order chi connectivity index (χ1) is 11.6. The topological polar surface area (TPSA) is 59.1 Å². The van der Waals surface area contributed by atoms with Crippen LogP contribution in [-0.2, 0) is 16.0 Å². The van der Waals surface area contributed by atoms with E-state index in [1.165, 1.54) is 0 Å². The average molecular weight is 353 g/mol. The fraction of sp³-hybridized carbons (Fsp3) is 0.529. The summed E-state index contributed by atoms with van der Waals surface area (Å²) in [5.74, 6) is 0.671. The van der Waals surface area contributed by atoms with Crippen LogP contribution in [0.3, 0.4) is 0 Å². The molecule has 0 unspecified atom stereocenters. The highest BCUT2D eigenvalue weighted by molar-refractivity contribution is 6.30. The average Bonchev–Trinajstić information content (AvgIpc) is 2.60. The molecular weight excluding hydrogens is 332 g/mol. The molecule has 1 saturated heterocycles. The fourth-order valence-electron chi connectivity index (χ4n) is 3.10. The number of piperazine rings is 1. The highest BCUT2D eigenvalue weighted by atomic mass is 35.5. The molecule has 1 atom stereocenters. The second-order valence-corrected chi connectivity index (χ2v) is 6.41. The molecular formula is C17H21ClN2O4. The minimum atomic E-state index is -0.311. The van der Waals surface area contributed by atoms with Crippen LogP contribution in [0.15, 0.2) is 18.2 Å². The molecule has 2 heterocycles. The molecule has 2 amide bonds. The van der Waals surface area contributed by atoms with E-state index < -0.39 is 0 Å². The van der Waals surface area contributed by atoms with Crippen LogP contribution in [-0.4, -0.2) is 61.2 Å². The summed E-state index contributed by atoms with van der Waals surface area (Å²) in [6, 6.07) is 5.49. The van der Waals surface area contributed by atoms with Crippen molar-refractivity contribution in [2.24, 2.45) is 5.92 Å². The van der Waals surface area contributed by atoms with Crippen molar-refractivity contribution >= 4 is 23.6 Å². The number of hydrogen-bond donors (Lipinski definition) is 0. The first kappa shape index (κ1) is 16.9. The van der Waals surface area contributed by atoms with Crippen molar-refractivity contribution in [3.05, 3.63) is 28.8 Å². The molecule has 0 saturated carbocycles. The number of hydrogen-bond acceptors (Lipinski definition) is 4. The van der Waals surface area contributed by atoms with E-state index in [0.29, 0.717) is 50.8 Å². The predicted octanol–water partition coefficient (Wildman–Crippen LogP) is 2.19. The molecule has 1 aromatic carbocycles. The van der Waals surface area contributed by atoms with Gasteiger partial charge in [0.1, 0.15) is 12.4 Å². The molecule has 0 aliphatic carbocycles. The summed E-state index contributed by atoms with van der Waals surface area (Å²) >= 11 is 6.02. The van der Waals surface area contributed by atoms with E-state index in [2.05, 4.69) is 0 Å². The molecule has 0 aromatic heterocycles. The first-order valence-electron chi connectivity index (χ1n) is 8.20. The number of benzene rings is 1. The zero-order chi connectivity index (χ0) is 17.1. The van der Waals surface area contributed by atoms with Crippen LogP contribution in [0.2, 0.25) is 5.02 Å². The molecule has 130 valence electrons. The monoisotopic (exact) mass is 352 g/mol. The summed E-state index contributed by atoms with van der Waals surface area (Å²) in [6.07, 6.45) is 0.321. The van der Waals surface area contributed by atoms with Gasteiger partial charge < -0.3 is 19.3 Å². The van der Waals surface area contributed by atoms with E-state index in [9.17, 15) is 9.59 Å². The maximum absolute atomic E-state index is 12.7. The third-order valence-electron chi connectivity index (χ3n) is 4.40. The Bertz CT molecular complexity index is 629. The van der Waals surface area contributed by atoms with Crippen molar-refractivity contribution in [2.45, 2.75) is 13.3 Å². The number of halogens is 1. The van der Waals surface area contributed by atoms with Crippen LogP contribution in [0.5, 0.6) is 5.75 Å². The summed E-state index contributed by atoms with van der Waals surface area (Å²) < 4.78 is 10.7. The minimum absolute atomic E-state index is 0.0733. The first-order valence-corrected chi connectivity index (χ1v) is 8.58. The maximum atomic E-state index is 12.7. The van der Waals surface area contributed by atoms with Crippen LogP contribution < -0.4 is 4.74 Å². The minimum Gasteiger partial charge on any atom is -0.492 e. The van der Waals surface area contributed by atoms with E-state index >= 15 is 0 Å². The highest BCUT2D eigenvalue weighted by Gasteiger charge is 2.32. The van der Waals surface area contributed by atoms with Crippen molar-refractivity contribution < 1.29 is 19.1 Å². The molecule has 6 nitrogen and oxygen atoms in total. The van der Waals surface area contributed by atoms with E-state index in [1.807, 2.05) is 12.1 Å². The highest BCUT2D eigenvalue weighted by Crippen LogP contribution is 2.30. The van der Waals surface area contributed by atoms with Crippen LogP contribution in [0.25, 0.3) is 0 Å². The summed E-state index contributed by atoms with van der Waals surface area (Å²) in [5.41, 5.74) is 0.970. The number of ether oxygens (including phenoxy) is 2. The van der Waals surface area contributed by atoms with Crippen molar-refractivity contribution in [1.29, 1.82) is 0 Å². The van der Waals surface area contributed by atoms with Crippen LogP contribution in [0.1, 0.15) is 12.5 Å². The summed E-state index contributed by atoms with van der Waals surface area (Å²) in [5, 5.41) is 0.647. The number of amides is 2. The van der Waals surface area contributed by atoms with Crippen LogP contribution >= 0.6 is 11.6 Å². The van der Waals surface area contributed by atoms with Gasteiger partial charge in [-0.25, -0.2) is 4.79 Å². The molecule has 24 heavy (non-hydrogen) atoms. The maximum Gasteiger partial charge on any atom is 0.409 e. The Labute approximate surface area is 146 Å². The molecule has 0 N–H and O–H groups in total. The third kappa shape index (κ3) is 3.59. The molecule has 0 radical (unpaired) electrons. The number of nitrogens with zero attached hydrogens (tertiary/aromatic N) is 2. The number of rotatable bonds is 2. The SMILES string of the molecule is CCOC(=O)N1CCN(C(=O)[C@H]2COc3ccc(Cl)cc3C2)CC1. The third-order valence-corrected chi connectivity index (χ3v) is 4.63. The second kappa shape index (κ2) is 7.30. The smallest absolute Gasteiger partial charge is 0.409 e. The van der Waals surface area contributed by atoms with Crippen LogP contribution in [0, 0.1) is 5.92 Å². The number of carbonyl (C=O) groups excluding carboxylic acids is 2. The van der Waals surface area contributed by atoms with Gasteiger partial charge in [0.15, 0.2) is 0 Å². The number of fused-ring (bicyclic) bond motifs is 1. The predicted molar refractivity (Wildman–Crippen MR) is 89.3 cm³/mol. The van der Waals surface area contributed by atoms with E-state index in [1.54, 1.807) is 22.8 Å². The Balaban J connectivity index is 1.57. The Hall–Kier alpha value is -1.95. The van der Waals surface area contributed by atoms with Gasteiger partial charge in [0.05, 0.1) is 12.5 Å². The second-order valence-electron chi connectivity index (χ2n) is 5.98. The van der Waals surface area contributed by atoms with E-state index in [0.717, 1.165) is 11.3 Å². The van der Waals surface area contributed by atoms with Crippen molar-refractivity contribution in [1.82, 2.24) is 9.80 Å². The standard InChI is InChI=1S/C17H21ClN2O4/c1-2-23-17(22)20-7-5-19(6-8-20)16(21)13-9-12-10-14(18)3-4-15(12)24-11-13/h3-4,10,13H,2,5-9,11H2,1H3/t13-/m1/s1. The van der Waals surface area contributed by atoms with Gasteiger partial charge in [0, 0.05) is 31.2 Å². The van der Waals surface area contributed by atoms with E-state index in [-0.39, 0.29) is 17.9 Å². The molecule has 1 aromatic rings. The molecule has 3 rings (SSSR count). The van der Waals surface area contributed by atoms with Crippen molar-refractivity contribution in [2.75, 3.05) is 39.4 Å². The lowest BCUT2D eigenvalue weighted by Gasteiger charge is -2.36. The van der Waals surface area contributed by atoms with Gasteiger partial charge in [-0.15, -0.1) is 0 Å². The summed E-state index contributed by atoms with van der Waals surface area (Å²) in [4.78, 5) is 27.9. The molecule has 7 heteroatoms. The van der Waals surface area contributed by atoms with Gasteiger partial charge in [0.25, 0.3) is 0 Å². The van der Waals surface area contributed by atoms with Crippen LogP contribution in [0.4, 0.5) is 4.79 Å². The summed E-state index contributed by atoms with van der Waals surface area (Å²) in [7, 11) is 0. The Morgan fingerprint density at radius 3 is 2.67 bits per heavy atom. The Kier molecular flexibility index (Phi) is 5.14. The molecule has 1 fully saturated rings. The van der Waals surface area contributed by atoms with Crippen molar-refractivity contribution in [3.8, 4) is 5.75 Å². The Morgan fingerprint density at radius 2 is 1.96 bits per heavy atom. The zero-order valence-corrected chi connectivity index (χ0v) is 14.4. The van der Waals surface area contributed by atoms with Gasteiger partial charge in [-0.3, -0.25) is 4.79 Å². The molecule has 2 aliphatic heterocycles. The quantitative estimate of drug-likeness (QED) is 0.818. The lowest BCUT2D eigenvalue weighted by Crippen LogP contribution is -2.53. The van der Waals surface area contributed by atoms with Gasteiger partial charge in [-0.1, -0.05) is 11.6 Å². The lowest BCUT2D eigenvalue weighted by molar-refractivity contribution is -0.138. The van der Waals surface area contributed by atoms with Crippen molar-refractivity contribution in [3.63, 3.8) is 0 Å². The van der Waals surface area contributed by atoms with Gasteiger partial charge >= 0.3 is 6.09 Å². The van der Waals surface area contributed by atoms with Gasteiger partial charge in [-0.05, 0) is 37.1 Å². The molecule has 0 spiro atoms. The zero-order valence-electron chi connectivity index (χ0n) is 13.7. The normalized spacial score (nSPS) is 20.2.